The summed E-state index contributed by atoms with van der Waals surface area (Å²) in [6.45, 7) is 7.69. The number of carbonyl (C=O) groups is 1. The molecule has 2 heterocycles. The normalized spacial score (nSPS) is 14.7. The molecule has 0 unspecified atom stereocenters. The Morgan fingerprint density at radius 2 is 1.86 bits per heavy atom. The van der Waals surface area contributed by atoms with Crippen molar-refractivity contribution in [3.05, 3.63) is 46.8 Å². The van der Waals surface area contributed by atoms with Crippen molar-refractivity contribution < 1.29 is 4.79 Å². The van der Waals surface area contributed by atoms with Gasteiger partial charge in [0.25, 0.3) is 5.91 Å². The van der Waals surface area contributed by atoms with Crippen LogP contribution in [0.1, 0.15) is 40.2 Å². The third-order valence-corrected chi connectivity index (χ3v) is 4.14. The van der Waals surface area contributed by atoms with E-state index < -0.39 is 0 Å². The first-order valence-electron chi connectivity index (χ1n) is 7.50. The van der Waals surface area contributed by atoms with E-state index in [0.717, 1.165) is 48.6 Å². The second-order valence-corrected chi connectivity index (χ2v) is 5.80. The zero-order valence-electron chi connectivity index (χ0n) is 12.9. The molecule has 1 aliphatic heterocycles. The fourth-order valence-electron chi connectivity index (χ4n) is 3.04. The Kier molecular flexibility index (Phi) is 3.53. The highest BCUT2D eigenvalue weighted by atomic mass is 16.2. The van der Waals surface area contributed by atoms with E-state index >= 15 is 0 Å². The van der Waals surface area contributed by atoms with Crippen LogP contribution in [0.25, 0.3) is 5.69 Å². The summed E-state index contributed by atoms with van der Waals surface area (Å²) in [6, 6.07) is 8.19. The second-order valence-electron chi connectivity index (χ2n) is 5.80. The van der Waals surface area contributed by atoms with Gasteiger partial charge in [-0.3, -0.25) is 4.79 Å². The van der Waals surface area contributed by atoms with Gasteiger partial charge < -0.3 is 4.90 Å². The lowest BCUT2D eigenvalue weighted by atomic mass is 10.1. The molecule has 21 heavy (non-hydrogen) atoms. The van der Waals surface area contributed by atoms with Crippen LogP contribution in [0.3, 0.4) is 0 Å². The van der Waals surface area contributed by atoms with Crippen LogP contribution >= 0.6 is 0 Å². The summed E-state index contributed by atoms with van der Waals surface area (Å²) in [4.78, 5) is 14.6. The minimum Gasteiger partial charge on any atom is -0.339 e. The average Bonchev–Trinajstić information content (AvgIpc) is 3.07. The number of aromatic nitrogens is 2. The van der Waals surface area contributed by atoms with Crippen LogP contribution in [0.5, 0.6) is 0 Å². The van der Waals surface area contributed by atoms with Crippen LogP contribution < -0.4 is 0 Å². The molecule has 1 amide bonds. The Hall–Kier alpha value is -2.10. The summed E-state index contributed by atoms with van der Waals surface area (Å²) in [5, 5.41) is 4.58. The van der Waals surface area contributed by atoms with Crippen molar-refractivity contribution >= 4 is 5.91 Å². The van der Waals surface area contributed by atoms with E-state index in [4.69, 9.17) is 0 Å². The molecule has 1 aromatic heterocycles. The van der Waals surface area contributed by atoms with Gasteiger partial charge in [0.2, 0.25) is 0 Å². The summed E-state index contributed by atoms with van der Waals surface area (Å²) < 4.78 is 1.88. The molecule has 0 aliphatic carbocycles. The first kappa shape index (κ1) is 13.9. The topological polar surface area (TPSA) is 38.1 Å². The van der Waals surface area contributed by atoms with E-state index in [-0.39, 0.29) is 5.91 Å². The van der Waals surface area contributed by atoms with Crippen molar-refractivity contribution in [2.75, 3.05) is 13.1 Å². The number of nitrogens with zero attached hydrogens (tertiary/aromatic N) is 3. The maximum absolute atomic E-state index is 12.7. The third-order valence-electron chi connectivity index (χ3n) is 4.14. The molecule has 0 saturated carbocycles. The highest BCUT2D eigenvalue weighted by Gasteiger charge is 2.25. The van der Waals surface area contributed by atoms with Gasteiger partial charge in [-0.05, 0) is 51.3 Å². The molecule has 0 atom stereocenters. The van der Waals surface area contributed by atoms with Crippen LogP contribution in [0.4, 0.5) is 0 Å². The maximum Gasteiger partial charge on any atom is 0.257 e. The fourth-order valence-corrected chi connectivity index (χ4v) is 3.04. The minimum absolute atomic E-state index is 0.126. The molecule has 0 spiro atoms. The van der Waals surface area contributed by atoms with Crippen molar-refractivity contribution in [1.29, 1.82) is 0 Å². The predicted octanol–water partition coefficient (Wildman–Crippen LogP) is 3.03. The molecule has 1 fully saturated rings. The number of benzene rings is 1. The first-order chi connectivity index (χ1) is 10.1. The Bertz CT molecular complexity index is 681. The number of rotatable bonds is 2. The van der Waals surface area contributed by atoms with Crippen LogP contribution in [-0.4, -0.2) is 33.7 Å². The first-order valence-corrected chi connectivity index (χ1v) is 7.50. The van der Waals surface area contributed by atoms with Crippen LogP contribution in [0, 0.1) is 20.8 Å². The van der Waals surface area contributed by atoms with Gasteiger partial charge in [-0.25, -0.2) is 4.68 Å². The van der Waals surface area contributed by atoms with Gasteiger partial charge in [-0.2, -0.15) is 5.10 Å². The second kappa shape index (κ2) is 5.35. The van der Waals surface area contributed by atoms with E-state index in [0.29, 0.717) is 0 Å². The third kappa shape index (κ3) is 2.46. The van der Waals surface area contributed by atoms with Crippen LogP contribution in [0.2, 0.25) is 0 Å². The van der Waals surface area contributed by atoms with Crippen molar-refractivity contribution in [3.63, 3.8) is 0 Å². The number of hydrogen-bond donors (Lipinski definition) is 0. The monoisotopic (exact) mass is 283 g/mol. The molecule has 1 aromatic carbocycles. The molecule has 1 saturated heterocycles. The summed E-state index contributed by atoms with van der Waals surface area (Å²) in [6.07, 6.45) is 2.21. The lowest BCUT2D eigenvalue weighted by molar-refractivity contribution is 0.0791. The van der Waals surface area contributed by atoms with Crippen molar-refractivity contribution in [2.45, 2.75) is 33.6 Å². The van der Waals surface area contributed by atoms with Gasteiger partial charge in [0.05, 0.1) is 22.6 Å². The maximum atomic E-state index is 12.7. The molecule has 1 aliphatic rings. The molecule has 4 heteroatoms. The van der Waals surface area contributed by atoms with E-state index in [2.05, 4.69) is 24.2 Å². The quantitative estimate of drug-likeness (QED) is 0.849. The number of carbonyl (C=O) groups excluding carboxylic acids is 1. The van der Waals surface area contributed by atoms with Gasteiger partial charge in [0, 0.05) is 13.1 Å². The minimum atomic E-state index is 0.126. The molecular formula is C17H21N3O. The fraction of sp³-hybridized carbons (Fsp3) is 0.412. The summed E-state index contributed by atoms with van der Waals surface area (Å²) in [7, 11) is 0. The number of aryl methyl sites for hydroxylation is 2. The Balaban J connectivity index is 2.02. The lowest BCUT2D eigenvalue weighted by Crippen LogP contribution is -2.28. The molecule has 0 N–H and O–H groups in total. The standard InChI is InChI=1S/C17H21N3O/c1-12-7-6-8-15(11-12)20-14(3)16(13(2)18-20)17(21)19-9-4-5-10-19/h6-8,11H,4-5,9-10H2,1-3H3. The molecule has 110 valence electrons. The van der Waals surface area contributed by atoms with Gasteiger partial charge in [-0.15, -0.1) is 0 Å². The largest absolute Gasteiger partial charge is 0.339 e. The summed E-state index contributed by atoms with van der Waals surface area (Å²) in [5.74, 6) is 0.126. The predicted molar refractivity (Wildman–Crippen MR) is 82.9 cm³/mol. The van der Waals surface area contributed by atoms with Gasteiger partial charge >= 0.3 is 0 Å². The smallest absolute Gasteiger partial charge is 0.257 e. The molecule has 2 aromatic rings. The molecular weight excluding hydrogens is 262 g/mol. The van der Waals surface area contributed by atoms with Gasteiger partial charge in [0.1, 0.15) is 0 Å². The summed E-state index contributed by atoms with van der Waals surface area (Å²) in [5.41, 5.74) is 4.70. The Morgan fingerprint density at radius 1 is 1.14 bits per heavy atom. The zero-order chi connectivity index (χ0) is 15.0. The highest BCUT2D eigenvalue weighted by Crippen LogP contribution is 2.22. The van der Waals surface area contributed by atoms with Crippen LogP contribution in [-0.2, 0) is 0 Å². The van der Waals surface area contributed by atoms with Gasteiger partial charge in [0.15, 0.2) is 0 Å². The van der Waals surface area contributed by atoms with Crippen molar-refractivity contribution in [1.82, 2.24) is 14.7 Å². The Labute approximate surface area is 125 Å². The van der Waals surface area contributed by atoms with Gasteiger partial charge in [-0.1, -0.05) is 12.1 Å². The van der Waals surface area contributed by atoms with E-state index in [1.807, 2.05) is 35.6 Å². The molecule has 0 bridgehead atoms. The van der Waals surface area contributed by atoms with Crippen LogP contribution in [0.15, 0.2) is 24.3 Å². The molecule has 4 nitrogen and oxygen atoms in total. The number of likely N-dealkylation sites (tertiary alicyclic amines) is 1. The average molecular weight is 283 g/mol. The van der Waals surface area contributed by atoms with Crippen molar-refractivity contribution in [2.24, 2.45) is 0 Å². The summed E-state index contributed by atoms with van der Waals surface area (Å²) >= 11 is 0. The molecule has 0 radical (unpaired) electrons. The number of hydrogen-bond acceptors (Lipinski definition) is 2. The highest BCUT2D eigenvalue weighted by molar-refractivity contribution is 5.96. The van der Waals surface area contributed by atoms with Crippen molar-refractivity contribution in [3.8, 4) is 5.69 Å². The van der Waals surface area contributed by atoms with E-state index in [1.54, 1.807) is 0 Å². The van der Waals surface area contributed by atoms with E-state index in [1.165, 1.54) is 5.56 Å². The zero-order valence-corrected chi connectivity index (χ0v) is 12.9. The molecule has 3 rings (SSSR count). The SMILES string of the molecule is Cc1cccc(-n2nc(C)c(C(=O)N3CCCC3)c2C)c1. The Morgan fingerprint density at radius 3 is 2.52 bits per heavy atom. The number of amides is 1. The lowest BCUT2D eigenvalue weighted by Gasteiger charge is -2.15. The van der Waals surface area contributed by atoms with E-state index in [9.17, 15) is 4.79 Å².